The van der Waals surface area contributed by atoms with E-state index >= 15 is 0 Å². The van der Waals surface area contributed by atoms with E-state index < -0.39 is 0 Å². The fourth-order valence-electron chi connectivity index (χ4n) is 5.76. The number of carbonyl (C=O) groups is 2. The predicted molar refractivity (Wildman–Crippen MR) is 170 cm³/mol. The largest absolute Gasteiger partial charge is 0.370 e. The number of aromatic nitrogens is 4. The summed E-state index contributed by atoms with van der Waals surface area (Å²) in [5.74, 6) is 2.13. The van der Waals surface area contributed by atoms with Gasteiger partial charge in [-0.25, -0.2) is 15.0 Å². The lowest BCUT2D eigenvalue weighted by molar-refractivity contribution is -0.129. The van der Waals surface area contributed by atoms with Crippen LogP contribution in [0.2, 0.25) is 0 Å². The zero-order chi connectivity index (χ0) is 30.5. The number of fused-ring (bicyclic) bond motifs is 1. The fraction of sp³-hybridized carbons (Fsp3) is 0.394. The number of hydrogen-bond donors (Lipinski definition) is 2. The molecule has 5 rings (SSSR count). The first kappa shape index (κ1) is 29.9. The number of hydrogen-bond acceptors (Lipinski definition) is 8. The number of nitrogens with zero attached hydrogens (tertiary/aromatic N) is 6. The van der Waals surface area contributed by atoms with Crippen molar-refractivity contribution in [3.63, 3.8) is 0 Å². The zero-order valence-corrected chi connectivity index (χ0v) is 25.5. The van der Waals surface area contributed by atoms with Gasteiger partial charge in [0.25, 0.3) is 5.91 Å². The Morgan fingerprint density at radius 1 is 1.05 bits per heavy atom. The molecule has 0 spiro atoms. The van der Waals surface area contributed by atoms with E-state index in [1.54, 1.807) is 32.6 Å². The molecule has 224 valence electrons. The average Bonchev–Trinajstić information content (AvgIpc) is 3.05. The maximum absolute atomic E-state index is 12.4. The molecule has 43 heavy (non-hydrogen) atoms. The van der Waals surface area contributed by atoms with Crippen LogP contribution in [0.3, 0.4) is 0 Å². The van der Waals surface area contributed by atoms with Crippen LogP contribution in [-0.2, 0) is 4.79 Å². The molecule has 1 aliphatic rings. The molecule has 1 fully saturated rings. The van der Waals surface area contributed by atoms with Crippen molar-refractivity contribution >= 4 is 34.4 Å². The van der Waals surface area contributed by atoms with Crippen LogP contribution in [0.1, 0.15) is 55.5 Å². The zero-order valence-electron chi connectivity index (χ0n) is 25.5. The Bertz CT molecular complexity index is 1580. The molecular weight excluding hydrogens is 540 g/mol. The van der Waals surface area contributed by atoms with Gasteiger partial charge in [-0.15, -0.1) is 0 Å². The molecule has 3 aromatic heterocycles. The summed E-state index contributed by atoms with van der Waals surface area (Å²) in [6.07, 6.45) is 7.00. The maximum Gasteiger partial charge on any atom is 0.251 e. The van der Waals surface area contributed by atoms with Crippen molar-refractivity contribution in [3.05, 3.63) is 72.3 Å². The van der Waals surface area contributed by atoms with Gasteiger partial charge < -0.3 is 20.4 Å². The number of carbonyl (C=O) groups excluding carboxylic acids is 2. The highest BCUT2D eigenvalue weighted by Crippen LogP contribution is 2.31. The van der Waals surface area contributed by atoms with E-state index in [4.69, 9.17) is 4.98 Å². The van der Waals surface area contributed by atoms with E-state index in [1.165, 1.54) is 0 Å². The van der Waals surface area contributed by atoms with Gasteiger partial charge in [0.15, 0.2) is 0 Å². The first-order valence-corrected chi connectivity index (χ1v) is 14.9. The van der Waals surface area contributed by atoms with Crippen molar-refractivity contribution in [2.24, 2.45) is 5.92 Å². The molecule has 1 aromatic carbocycles. The topological polar surface area (TPSA) is 116 Å². The summed E-state index contributed by atoms with van der Waals surface area (Å²) in [6, 6.07) is 14.2. The molecule has 0 radical (unpaired) electrons. The third-order valence-corrected chi connectivity index (χ3v) is 8.75. The van der Waals surface area contributed by atoms with Crippen molar-refractivity contribution in [2.75, 3.05) is 43.9 Å². The SMILES string of the molecule is CNC(=O)c1ccnc2c(C(C)[C@H](C)CNc3cc(-c4ccc(N(C)C5CCN(C(C)=O)CC5)nc4)ncn3)cccc12. The van der Waals surface area contributed by atoms with Gasteiger partial charge in [-0.1, -0.05) is 32.0 Å². The lowest BCUT2D eigenvalue weighted by Gasteiger charge is -2.37. The minimum atomic E-state index is -0.116. The molecule has 0 saturated carbocycles. The lowest BCUT2D eigenvalue weighted by Crippen LogP contribution is -2.45. The molecule has 1 aliphatic heterocycles. The molecule has 2 N–H and O–H groups in total. The minimum Gasteiger partial charge on any atom is -0.370 e. The first-order chi connectivity index (χ1) is 20.8. The third kappa shape index (κ3) is 6.58. The van der Waals surface area contributed by atoms with Crippen LogP contribution >= 0.6 is 0 Å². The van der Waals surface area contributed by atoms with Crippen LogP contribution in [0.4, 0.5) is 11.6 Å². The van der Waals surface area contributed by atoms with E-state index in [-0.39, 0.29) is 23.7 Å². The summed E-state index contributed by atoms with van der Waals surface area (Å²) >= 11 is 0. The van der Waals surface area contributed by atoms with Crippen molar-refractivity contribution in [1.82, 2.24) is 30.2 Å². The lowest BCUT2D eigenvalue weighted by atomic mass is 9.87. The van der Waals surface area contributed by atoms with Gasteiger partial charge in [-0.05, 0) is 48.4 Å². The number of anilines is 2. The minimum absolute atomic E-state index is 0.116. The van der Waals surface area contributed by atoms with Crippen LogP contribution in [0.15, 0.2) is 61.2 Å². The van der Waals surface area contributed by atoms with Gasteiger partial charge in [-0.3, -0.25) is 14.6 Å². The average molecular weight is 581 g/mol. The normalized spacial score (nSPS) is 15.1. The van der Waals surface area contributed by atoms with E-state index in [9.17, 15) is 9.59 Å². The summed E-state index contributed by atoms with van der Waals surface area (Å²) in [6.45, 7) is 8.30. The number of pyridine rings is 2. The molecule has 2 atom stereocenters. The molecule has 10 nitrogen and oxygen atoms in total. The molecular formula is C33H40N8O2. The summed E-state index contributed by atoms with van der Waals surface area (Å²) in [7, 11) is 3.71. The molecule has 1 saturated heterocycles. The molecule has 4 aromatic rings. The van der Waals surface area contributed by atoms with Crippen molar-refractivity contribution < 1.29 is 9.59 Å². The first-order valence-electron chi connectivity index (χ1n) is 14.9. The molecule has 0 bridgehead atoms. The Morgan fingerprint density at radius 2 is 1.84 bits per heavy atom. The molecule has 1 unspecified atom stereocenters. The number of likely N-dealkylation sites (tertiary alicyclic amines) is 1. The van der Waals surface area contributed by atoms with E-state index in [1.807, 2.05) is 41.4 Å². The second kappa shape index (κ2) is 13.1. The summed E-state index contributed by atoms with van der Waals surface area (Å²) in [4.78, 5) is 46.5. The van der Waals surface area contributed by atoms with Gasteiger partial charge in [0.1, 0.15) is 18.0 Å². The monoisotopic (exact) mass is 580 g/mol. The van der Waals surface area contributed by atoms with Crippen molar-refractivity contribution in [3.8, 4) is 11.3 Å². The quantitative estimate of drug-likeness (QED) is 0.292. The Balaban J connectivity index is 1.23. The van der Waals surface area contributed by atoms with Gasteiger partial charge in [-0.2, -0.15) is 0 Å². The van der Waals surface area contributed by atoms with E-state index in [0.717, 1.165) is 65.3 Å². The number of para-hydroxylation sites is 1. The van der Waals surface area contributed by atoms with Crippen molar-refractivity contribution in [2.45, 2.75) is 45.6 Å². The fourth-order valence-corrected chi connectivity index (χ4v) is 5.76. The summed E-state index contributed by atoms with van der Waals surface area (Å²) in [5.41, 5.74) is 4.32. The predicted octanol–water partition coefficient (Wildman–Crippen LogP) is 4.75. The van der Waals surface area contributed by atoms with Gasteiger partial charge in [0, 0.05) is 76.1 Å². The van der Waals surface area contributed by atoms with Crippen molar-refractivity contribution in [1.29, 1.82) is 0 Å². The Kier molecular flexibility index (Phi) is 9.13. The number of amides is 2. The summed E-state index contributed by atoms with van der Waals surface area (Å²) < 4.78 is 0. The standard InChI is InChI=1S/C33H40N8O2/c1-21(22(2)26-7-6-8-27-28(33(43)34-4)11-14-35-32(26)27)18-36-30-17-29(38-20-39-30)24-9-10-31(37-19-24)40(5)25-12-15-41(16-13-25)23(3)42/h6-11,14,17,19-22,25H,12-13,15-16,18H2,1-5H3,(H,34,43)(H,36,38,39)/t21-,22?/m1/s1. The highest BCUT2D eigenvalue weighted by atomic mass is 16.2. The maximum atomic E-state index is 12.4. The molecule has 0 aliphatic carbocycles. The number of piperidine rings is 1. The number of benzene rings is 1. The Hall–Kier alpha value is -4.60. The number of rotatable bonds is 9. The van der Waals surface area contributed by atoms with E-state index in [0.29, 0.717) is 18.2 Å². The summed E-state index contributed by atoms with van der Waals surface area (Å²) in [5, 5.41) is 7.06. The highest BCUT2D eigenvalue weighted by molar-refractivity contribution is 6.06. The van der Waals surface area contributed by atoms with Crippen LogP contribution < -0.4 is 15.5 Å². The third-order valence-electron chi connectivity index (χ3n) is 8.75. The molecule has 10 heteroatoms. The molecule has 4 heterocycles. The van der Waals surface area contributed by atoms with Gasteiger partial charge >= 0.3 is 0 Å². The van der Waals surface area contributed by atoms with E-state index in [2.05, 4.69) is 57.4 Å². The van der Waals surface area contributed by atoms with Gasteiger partial charge in [0.2, 0.25) is 5.91 Å². The van der Waals surface area contributed by atoms with Crippen LogP contribution in [0.5, 0.6) is 0 Å². The second-order valence-electron chi connectivity index (χ2n) is 11.4. The second-order valence-corrected chi connectivity index (χ2v) is 11.4. The highest BCUT2D eigenvalue weighted by Gasteiger charge is 2.24. The molecule has 2 amide bonds. The smallest absolute Gasteiger partial charge is 0.251 e. The van der Waals surface area contributed by atoms with Crippen LogP contribution in [-0.4, -0.2) is 76.4 Å². The Morgan fingerprint density at radius 3 is 2.53 bits per heavy atom. The van der Waals surface area contributed by atoms with Gasteiger partial charge in [0.05, 0.1) is 16.8 Å². The Labute approximate surface area is 253 Å². The van der Waals surface area contributed by atoms with Crippen LogP contribution in [0.25, 0.3) is 22.2 Å². The van der Waals surface area contributed by atoms with Crippen LogP contribution in [0, 0.1) is 5.92 Å². The number of nitrogens with one attached hydrogen (secondary N) is 2.